The minimum Gasteiger partial charge on any atom is -0.376 e. The molecule has 5 heterocycles. The maximum Gasteiger partial charge on any atom is 0.245 e. The van der Waals surface area contributed by atoms with Crippen molar-refractivity contribution < 1.29 is 14.4 Å². The molecule has 9 N–H and O–H groups in total. The van der Waals surface area contributed by atoms with Gasteiger partial charge in [0.25, 0.3) is 0 Å². The van der Waals surface area contributed by atoms with Gasteiger partial charge in [0, 0.05) is 78.7 Å². The zero-order valence-electron chi connectivity index (χ0n) is 31.6. The smallest absolute Gasteiger partial charge is 0.245 e. The number of nitrogens with zero attached hydrogens (tertiary/aromatic N) is 3. The Balaban J connectivity index is 1.42. The molecule has 0 saturated heterocycles. The summed E-state index contributed by atoms with van der Waals surface area (Å²) in [7, 11) is 1.65. The van der Waals surface area contributed by atoms with Gasteiger partial charge in [-0.25, -0.2) is 0 Å². The van der Waals surface area contributed by atoms with Crippen molar-refractivity contribution in [2.45, 2.75) is 75.0 Å². The number of thioether (sulfide) groups is 1. The molecule has 290 valence electrons. The van der Waals surface area contributed by atoms with E-state index in [1.165, 1.54) is 16.7 Å². The first-order chi connectivity index (χ1) is 26.7. The summed E-state index contributed by atoms with van der Waals surface area (Å²) in [5, 5.41) is 15.1. The van der Waals surface area contributed by atoms with Crippen molar-refractivity contribution in [1.29, 1.82) is 0 Å². The number of dihydropyridines is 1. The number of aromatic amines is 1. The molecule has 55 heavy (non-hydrogen) atoms. The van der Waals surface area contributed by atoms with Crippen LogP contribution >= 0.6 is 11.8 Å². The Morgan fingerprint density at radius 2 is 1.73 bits per heavy atom. The van der Waals surface area contributed by atoms with Gasteiger partial charge < -0.3 is 42.6 Å². The zero-order chi connectivity index (χ0) is 38.7. The van der Waals surface area contributed by atoms with Gasteiger partial charge in [-0.3, -0.25) is 24.4 Å². The SMILES string of the molecule is Cc1ccc(-c2cc3c(cn2)SC2=C(C=CCN2)CN[C@@H](CCCN)C(=O)N[C@@H](CCCCN)C(=O)N(C)[C@@H](Cc2c[nH]c4ccccc24)C(=O)NC3)cn1. The van der Waals surface area contributed by atoms with Crippen molar-refractivity contribution in [3.63, 3.8) is 0 Å². The second-order valence-electron chi connectivity index (χ2n) is 14.1. The number of aromatic nitrogens is 3. The number of fused-ring (bicyclic) bond motifs is 2. The lowest BCUT2D eigenvalue weighted by Gasteiger charge is -2.32. The number of nitrogens with two attached hydrogens (primary N) is 2. The number of rotatable bonds is 10. The van der Waals surface area contributed by atoms with Crippen molar-refractivity contribution in [2.75, 3.05) is 33.2 Å². The first-order valence-electron chi connectivity index (χ1n) is 19.0. The summed E-state index contributed by atoms with van der Waals surface area (Å²) in [5.41, 5.74) is 17.9. The van der Waals surface area contributed by atoms with Crippen LogP contribution in [0.1, 0.15) is 48.9 Å². The molecule has 6 rings (SSSR count). The summed E-state index contributed by atoms with van der Waals surface area (Å²) in [6, 6.07) is 11.5. The van der Waals surface area contributed by atoms with E-state index in [1.807, 2.05) is 67.9 Å². The molecule has 2 aliphatic heterocycles. The average Bonchev–Trinajstić information content (AvgIpc) is 3.61. The molecule has 4 aromatic rings. The van der Waals surface area contributed by atoms with Gasteiger partial charge in [-0.1, -0.05) is 42.1 Å². The van der Waals surface area contributed by atoms with Crippen LogP contribution in [0.25, 0.3) is 22.2 Å². The number of nitrogens with one attached hydrogen (secondary N) is 5. The number of benzene rings is 1. The van der Waals surface area contributed by atoms with E-state index in [-0.39, 0.29) is 30.7 Å². The van der Waals surface area contributed by atoms with Gasteiger partial charge in [-0.15, -0.1) is 0 Å². The van der Waals surface area contributed by atoms with Crippen LogP contribution in [-0.2, 0) is 27.3 Å². The van der Waals surface area contributed by atoms with Gasteiger partial charge in [-0.05, 0) is 93.1 Å². The highest BCUT2D eigenvalue weighted by molar-refractivity contribution is 8.03. The lowest BCUT2D eigenvalue weighted by Crippen LogP contribution is -2.57. The Kier molecular flexibility index (Phi) is 13.7. The fourth-order valence-corrected chi connectivity index (χ4v) is 7.92. The highest BCUT2D eigenvalue weighted by Crippen LogP contribution is 2.33. The molecule has 2 aliphatic rings. The number of H-pyrrole nitrogens is 1. The second kappa shape index (κ2) is 19.0. The number of unbranched alkanes of at least 4 members (excludes halogenated alkanes) is 1. The van der Waals surface area contributed by atoms with Gasteiger partial charge >= 0.3 is 0 Å². The monoisotopic (exact) mass is 764 g/mol. The van der Waals surface area contributed by atoms with E-state index in [9.17, 15) is 14.4 Å². The Morgan fingerprint density at radius 1 is 0.909 bits per heavy atom. The third-order valence-electron chi connectivity index (χ3n) is 10.1. The van der Waals surface area contributed by atoms with E-state index in [4.69, 9.17) is 16.5 Å². The molecule has 13 nitrogen and oxygen atoms in total. The molecule has 3 aromatic heterocycles. The van der Waals surface area contributed by atoms with Crippen LogP contribution in [0, 0.1) is 6.92 Å². The van der Waals surface area contributed by atoms with E-state index < -0.39 is 18.1 Å². The Labute approximate surface area is 326 Å². The van der Waals surface area contributed by atoms with Crippen LogP contribution in [0.15, 0.2) is 88.7 Å². The first-order valence-corrected chi connectivity index (χ1v) is 19.8. The van der Waals surface area contributed by atoms with Gasteiger partial charge in [-0.2, -0.15) is 0 Å². The summed E-state index contributed by atoms with van der Waals surface area (Å²) in [4.78, 5) is 58.0. The number of hydrogen-bond acceptors (Lipinski definition) is 10. The maximum atomic E-state index is 14.5. The number of hydrogen-bond donors (Lipinski definition) is 7. The third kappa shape index (κ3) is 10.00. The molecule has 1 aromatic carbocycles. The molecule has 0 aliphatic carbocycles. The molecule has 0 unspecified atom stereocenters. The molecule has 3 atom stereocenters. The summed E-state index contributed by atoms with van der Waals surface area (Å²) >= 11 is 1.53. The van der Waals surface area contributed by atoms with Crippen LogP contribution in [0.2, 0.25) is 0 Å². The van der Waals surface area contributed by atoms with E-state index >= 15 is 0 Å². The summed E-state index contributed by atoms with van der Waals surface area (Å²) in [5.74, 6) is -0.944. The van der Waals surface area contributed by atoms with Crippen LogP contribution in [-0.4, -0.2) is 88.9 Å². The Hall–Kier alpha value is -5.02. The normalized spacial score (nSPS) is 20.0. The highest BCUT2D eigenvalue weighted by Gasteiger charge is 2.34. The van der Waals surface area contributed by atoms with Gasteiger partial charge in [0.1, 0.15) is 12.1 Å². The van der Waals surface area contributed by atoms with Crippen LogP contribution in [0.3, 0.4) is 0 Å². The van der Waals surface area contributed by atoms with Crippen molar-refractivity contribution in [2.24, 2.45) is 11.5 Å². The second-order valence-corrected chi connectivity index (χ2v) is 15.1. The molecule has 14 heteroatoms. The molecule has 0 saturated carbocycles. The molecule has 0 bridgehead atoms. The zero-order valence-corrected chi connectivity index (χ0v) is 32.4. The molecule has 3 amide bonds. The van der Waals surface area contributed by atoms with Gasteiger partial charge in [0.2, 0.25) is 17.7 Å². The molecule has 0 fully saturated rings. The van der Waals surface area contributed by atoms with E-state index in [0.29, 0.717) is 58.3 Å². The number of aryl methyl sites for hydroxylation is 1. The summed E-state index contributed by atoms with van der Waals surface area (Å²) < 4.78 is 0. The van der Waals surface area contributed by atoms with E-state index in [0.717, 1.165) is 54.5 Å². The molecule has 0 spiro atoms. The number of para-hydroxylation sites is 1. The fourth-order valence-electron chi connectivity index (χ4n) is 6.90. The van der Waals surface area contributed by atoms with Crippen LogP contribution in [0.4, 0.5) is 0 Å². The van der Waals surface area contributed by atoms with E-state index in [2.05, 4.69) is 37.3 Å². The third-order valence-corrected chi connectivity index (χ3v) is 11.3. The number of pyridine rings is 2. The molecule has 0 radical (unpaired) electrons. The van der Waals surface area contributed by atoms with Crippen molar-refractivity contribution in [1.82, 2.24) is 41.1 Å². The quantitative estimate of drug-likeness (QED) is 0.118. The average molecular weight is 765 g/mol. The molecular weight excluding hydrogens is 713 g/mol. The topological polar surface area (TPSA) is 196 Å². The number of likely N-dealkylation sites (N-methyl/N-ethyl adjacent to an activating group) is 1. The summed E-state index contributed by atoms with van der Waals surface area (Å²) in [6.45, 7) is 4.06. The van der Waals surface area contributed by atoms with Crippen LogP contribution in [0.5, 0.6) is 0 Å². The van der Waals surface area contributed by atoms with Crippen molar-refractivity contribution >= 4 is 40.4 Å². The fraction of sp³-hybridized carbons (Fsp3) is 0.390. The Bertz CT molecular complexity index is 2030. The molecular formula is C41H52N10O3S. The standard InChI is InChI=1S/C41H52N10O3S/c1-26-14-15-27(21-45-26)35-19-30-24-49-39(53)36(20-29-23-46-32-11-4-3-10-31(29)32)51(2)41(54)34(12-5-6-16-42)50-38(52)33(13-7-17-43)47-22-28-9-8-18-44-40(28)55-37(30)25-48-35/h3-4,8-11,14-15,19,21,23,25,33-34,36,44,46-47H,5-7,12-13,16-18,20,22,24,42-43H2,1-2H3,(H,49,53)(H,50,52)/t33-,34-,36-/m0/s1. The van der Waals surface area contributed by atoms with Crippen LogP contribution < -0.4 is 32.7 Å². The maximum absolute atomic E-state index is 14.5. The lowest BCUT2D eigenvalue weighted by molar-refractivity contribution is -0.142. The number of carbonyl (C=O) groups is 3. The lowest BCUT2D eigenvalue weighted by atomic mass is 10.0. The number of amides is 3. The minimum absolute atomic E-state index is 0.191. The number of carbonyl (C=O) groups excluding carboxylic acids is 3. The van der Waals surface area contributed by atoms with Gasteiger partial charge in [0.15, 0.2) is 0 Å². The predicted molar refractivity (Wildman–Crippen MR) is 218 cm³/mol. The van der Waals surface area contributed by atoms with Gasteiger partial charge in [0.05, 0.1) is 16.8 Å². The largest absolute Gasteiger partial charge is 0.376 e. The first kappa shape index (κ1) is 39.7. The van der Waals surface area contributed by atoms with Crippen molar-refractivity contribution in [3.8, 4) is 11.3 Å². The van der Waals surface area contributed by atoms with E-state index in [1.54, 1.807) is 13.2 Å². The predicted octanol–water partition coefficient (Wildman–Crippen LogP) is 3.41. The Morgan fingerprint density at radius 3 is 2.53 bits per heavy atom. The minimum atomic E-state index is -0.888. The highest BCUT2D eigenvalue weighted by atomic mass is 32.2. The van der Waals surface area contributed by atoms with Crippen molar-refractivity contribution in [3.05, 3.63) is 101 Å². The summed E-state index contributed by atoms with van der Waals surface area (Å²) in [6.07, 6.45) is 12.7.